The second-order valence-corrected chi connectivity index (χ2v) is 4.62. The summed E-state index contributed by atoms with van der Waals surface area (Å²) in [5.74, 6) is 0.268. The van der Waals surface area contributed by atoms with Crippen molar-refractivity contribution >= 4 is 5.97 Å². The van der Waals surface area contributed by atoms with E-state index in [0.717, 1.165) is 25.3 Å². The molecule has 0 bridgehead atoms. The number of carboxylic acid groups (broad SMARTS) is 1. The lowest BCUT2D eigenvalue weighted by Crippen LogP contribution is -2.45. The summed E-state index contributed by atoms with van der Waals surface area (Å²) >= 11 is 0. The molecule has 4 heteroatoms. The van der Waals surface area contributed by atoms with Crippen LogP contribution in [0.15, 0.2) is 0 Å². The number of rotatable bonds is 5. The molecule has 1 atom stereocenters. The van der Waals surface area contributed by atoms with Crippen LogP contribution in [0.2, 0.25) is 0 Å². The Morgan fingerprint density at radius 1 is 1.33 bits per heavy atom. The Hall–Kier alpha value is -0.610. The van der Waals surface area contributed by atoms with E-state index < -0.39 is 5.97 Å². The summed E-state index contributed by atoms with van der Waals surface area (Å²) < 4.78 is 5.25. The molecular formula is C11H19NO3. The number of hydrogen-bond acceptors (Lipinski definition) is 3. The van der Waals surface area contributed by atoms with Gasteiger partial charge in [-0.1, -0.05) is 0 Å². The predicted octanol–water partition coefficient (Wildman–Crippen LogP) is 0.866. The number of hydrogen-bond donors (Lipinski definition) is 2. The van der Waals surface area contributed by atoms with Crippen molar-refractivity contribution in [2.75, 3.05) is 19.8 Å². The number of nitrogens with one attached hydrogen (secondary N) is 1. The maximum absolute atomic E-state index is 11.1. The van der Waals surface area contributed by atoms with Crippen LogP contribution in [-0.4, -0.2) is 36.9 Å². The maximum Gasteiger partial charge on any atom is 0.320 e. The molecule has 0 aromatic heterocycles. The molecule has 0 spiro atoms. The molecule has 0 aromatic rings. The molecule has 1 saturated heterocycles. The topological polar surface area (TPSA) is 58.6 Å². The Morgan fingerprint density at radius 3 is 2.53 bits per heavy atom. The summed E-state index contributed by atoms with van der Waals surface area (Å²) in [6.45, 7) is 2.29. The Kier molecular flexibility index (Phi) is 3.59. The second kappa shape index (κ2) is 4.94. The minimum atomic E-state index is -0.706. The van der Waals surface area contributed by atoms with Gasteiger partial charge in [-0.05, 0) is 44.1 Å². The van der Waals surface area contributed by atoms with Gasteiger partial charge in [0, 0.05) is 13.2 Å². The van der Waals surface area contributed by atoms with E-state index in [2.05, 4.69) is 5.32 Å². The first kappa shape index (κ1) is 10.9. The standard InChI is InChI=1S/C11H19NO3/c13-11(14)10(12-7-8-1-2-8)9-3-5-15-6-4-9/h8-10,12H,1-7H2,(H,13,14). The van der Waals surface area contributed by atoms with E-state index in [1.165, 1.54) is 12.8 Å². The van der Waals surface area contributed by atoms with Gasteiger partial charge < -0.3 is 15.2 Å². The van der Waals surface area contributed by atoms with Crippen molar-refractivity contribution in [3.63, 3.8) is 0 Å². The number of ether oxygens (including phenoxy) is 1. The summed E-state index contributed by atoms with van der Waals surface area (Å²) in [6, 6.07) is -0.366. The molecule has 15 heavy (non-hydrogen) atoms. The molecule has 2 N–H and O–H groups in total. The van der Waals surface area contributed by atoms with E-state index in [9.17, 15) is 4.79 Å². The van der Waals surface area contributed by atoms with Gasteiger partial charge in [0.1, 0.15) is 6.04 Å². The summed E-state index contributed by atoms with van der Waals surface area (Å²) in [5, 5.41) is 12.4. The van der Waals surface area contributed by atoms with Gasteiger partial charge in [-0.3, -0.25) is 4.79 Å². The van der Waals surface area contributed by atoms with Crippen LogP contribution in [0.4, 0.5) is 0 Å². The van der Waals surface area contributed by atoms with Crippen molar-refractivity contribution in [2.24, 2.45) is 11.8 Å². The van der Waals surface area contributed by atoms with Gasteiger partial charge in [-0.15, -0.1) is 0 Å². The molecule has 1 aliphatic carbocycles. The molecule has 2 aliphatic rings. The highest BCUT2D eigenvalue weighted by Gasteiger charge is 2.31. The molecule has 0 aromatic carbocycles. The van der Waals surface area contributed by atoms with Crippen molar-refractivity contribution in [1.29, 1.82) is 0 Å². The molecule has 1 unspecified atom stereocenters. The lowest BCUT2D eigenvalue weighted by molar-refractivity contribution is -0.142. The van der Waals surface area contributed by atoms with Crippen molar-refractivity contribution in [2.45, 2.75) is 31.7 Å². The molecule has 2 rings (SSSR count). The third kappa shape index (κ3) is 3.18. The molecule has 0 radical (unpaired) electrons. The summed E-state index contributed by atoms with van der Waals surface area (Å²) in [6.07, 6.45) is 4.25. The van der Waals surface area contributed by atoms with E-state index in [1.807, 2.05) is 0 Å². The van der Waals surface area contributed by atoms with Gasteiger partial charge in [0.05, 0.1) is 0 Å². The fourth-order valence-electron chi connectivity index (χ4n) is 2.12. The molecule has 1 heterocycles. The number of aliphatic carboxylic acids is 1. The average Bonchev–Trinajstić information content (AvgIpc) is 3.03. The molecule has 0 amide bonds. The average molecular weight is 213 g/mol. The minimum Gasteiger partial charge on any atom is -0.480 e. The van der Waals surface area contributed by atoms with Crippen molar-refractivity contribution < 1.29 is 14.6 Å². The van der Waals surface area contributed by atoms with Gasteiger partial charge in [-0.2, -0.15) is 0 Å². The van der Waals surface area contributed by atoms with Gasteiger partial charge in [0.15, 0.2) is 0 Å². The van der Waals surface area contributed by atoms with Crippen LogP contribution in [0, 0.1) is 11.8 Å². The lowest BCUT2D eigenvalue weighted by Gasteiger charge is -2.28. The molecule has 86 valence electrons. The SMILES string of the molecule is O=C(O)C(NCC1CC1)C1CCOCC1. The monoisotopic (exact) mass is 213 g/mol. The van der Waals surface area contributed by atoms with Crippen LogP contribution in [0.1, 0.15) is 25.7 Å². The van der Waals surface area contributed by atoms with Crippen LogP contribution in [0.3, 0.4) is 0 Å². The Bertz CT molecular complexity index is 222. The fourth-order valence-corrected chi connectivity index (χ4v) is 2.12. The van der Waals surface area contributed by atoms with Crippen molar-refractivity contribution in [3.05, 3.63) is 0 Å². The third-order valence-electron chi connectivity index (χ3n) is 3.33. The maximum atomic E-state index is 11.1. The Labute approximate surface area is 90.0 Å². The van der Waals surface area contributed by atoms with Gasteiger partial charge in [0.25, 0.3) is 0 Å². The number of carbonyl (C=O) groups is 1. The molecular weight excluding hydrogens is 194 g/mol. The van der Waals surface area contributed by atoms with Crippen LogP contribution < -0.4 is 5.32 Å². The summed E-state index contributed by atoms with van der Waals surface area (Å²) in [7, 11) is 0. The highest BCUT2D eigenvalue weighted by Crippen LogP contribution is 2.28. The summed E-state index contributed by atoms with van der Waals surface area (Å²) in [4.78, 5) is 11.1. The van der Waals surface area contributed by atoms with E-state index in [0.29, 0.717) is 13.2 Å². The van der Waals surface area contributed by atoms with Crippen LogP contribution in [0.25, 0.3) is 0 Å². The molecule has 1 saturated carbocycles. The van der Waals surface area contributed by atoms with E-state index in [4.69, 9.17) is 9.84 Å². The number of carboxylic acids is 1. The molecule has 2 fully saturated rings. The third-order valence-corrected chi connectivity index (χ3v) is 3.33. The normalized spacial score (nSPS) is 25.1. The quantitative estimate of drug-likeness (QED) is 0.711. The van der Waals surface area contributed by atoms with Gasteiger partial charge in [-0.25, -0.2) is 0 Å². The minimum absolute atomic E-state index is 0.245. The predicted molar refractivity (Wildman–Crippen MR) is 55.7 cm³/mol. The van der Waals surface area contributed by atoms with E-state index >= 15 is 0 Å². The second-order valence-electron chi connectivity index (χ2n) is 4.62. The zero-order valence-electron chi connectivity index (χ0n) is 8.95. The summed E-state index contributed by atoms with van der Waals surface area (Å²) in [5.41, 5.74) is 0. The molecule has 1 aliphatic heterocycles. The lowest BCUT2D eigenvalue weighted by atomic mass is 9.91. The van der Waals surface area contributed by atoms with Crippen LogP contribution >= 0.6 is 0 Å². The largest absolute Gasteiger partial charge is 0.480 e. The van der Waals surface area contributed by atoms with Gasteiger partial charge in [0.2, 0.25) is 0 Å². The highest BCUT2D eigenvalue weighted by molar-refractivity contribution is 5.73. The van der Waals surface area contributed by atoms with Crippen LogP contribution in [-0.2, 0) is 9.53 Å². The zero-order chi connectivity index (χ0) is 10.7. The van der Waals surface area contributed by atoms with E-state index in [-0.39, 0.29) is 12.0 Å². The first-order valence-corrected chi connectivity index (χ1v) is 5.81. The van der Waals surface area contributed by atoms with Crippen LogP contribution in [0.5, 0.6) is 0 Å². The smallest absolute Gasteiger partial charge is 0.320 e. The first-order valence-electron chi connectivity index (χ1n) is 5.81. The van der Waals surface area contributed by atoms with E-state index in [1.54, 1.807) is 0 Å². The first-order chi connectivity index (χ1) is 7.27. The Balaban J connectivity index is 1.82. The van der Waals surface area contributed by atoms with Crippen molar-refractivity contribution in [3.8, 4) is 0 Å². The fraction of sp³-hybridized carbons (Fsp3) is 0.909. The zero-order valence-corrected chi connectivity index (χ0v) is 8.95. The van der Waals surface area contributed by atoms with Gasteiger partial charge >= 0.3 is 5.97 Å². The molecule has 4 nitrogen and oxygen atoms in total. The van der Waals surface area contributed by atoms with Crippen molar-refractivity contribution in [1.82, 2.24) is 5.32 Å². The highest BCUT2D eigenvalue weighted by atomic mass is 16.5. The Morgan fingerprint density at radius 2 is 2.00 bits per heavy atom.